The molecule has 5 heteroatoms. The van der Waals surface area contributed by atoms with Gasteiger partial charge in [-0.05, 0) is 28.8 Å². The number of halogens is 3. The van der Waals surface area contributed by atoms with Crippen LogP contribution in [0.4, 0.5) is 13.2 Å². The monoisotopic (exact) mass is 402 g/mol. The lowest BCUT2D eigenvalue weighted by Gasteiger charge is -2.09. The van der Waals surface area contributed by atoms with Crippen molar-refractivity contribution < 1.29 is 13.2 Å². The molecule has 0 radical (unpaired) electrons. The maximum Gasteiger partial charge on any atom is 0.416 e. The molecule has 1 aromatic heterocycles. The highest BCUT2D eigenvalue weighted by Crippen LogP contribution is 2.41. The van der Waals surface area contributed by atoms with E-state index in [9.17, 15) is 18.4 Å². The fourth-order valence-corrected chi connectivity index (χ4v) is 3.64. The van der Waals surface area contributed by atoms with Crippen LogP contribution in [0.1, 0.15) is 11.1 Å². The average Bonchev–Trinajstić information content (AvgIpc) is 3.14. The van der Waals surface area contributed by atoms with E-state index >= 15 is 0 Å². The van der Waals surface area contributed by atoms with Gasteiger partial charge in [-0.3, -0.25) is 0 Å². The summed E-state index contributed by atoms with van der Waals surface area (Å²) in [6.07, 6.45) is -4.37. The molecule has 30 heavy (non-hydrogen) atoms. The lowest BCUT2D eigenvalue weighted by Crippen LogP contribution is -2.04. The van der Waals surface area contributed by atoms with Crippen molar-refractivity contribution in [2.75, 3.05) is 0 Å². The predicted molar refractivity (Wildman–Crippen MR) is 111 cm³/mol. The smallest absolute Gasteiger partial charge is 0.354 e. The summed E-state index contributed by atoms with van der Waals surface area (Å²) in [5.74, 6) is 0. The highest BCUT2D eigenvalue weighted by atomic mass is 19.4. The van der Waals surface area contributed by atoms with Crippen LogP contribution in [0.2, 0.25) is 0 Å². The van der Waals surface area contributed by atoms with Crippen LogP contribution < -0.4 is 0 Å². The van der Waals surface area contributed by atoms with E-state index in [0.717, 1.165) is 34.5 Å². The summed E-state index contributed by atoms with van der Waals surface area (Å²) in [6.45, 7) is 0. The Morgan fingerprint density at radius 2 is 1.33 bits per heavy atom. The number of aromatic nitrogens is 1. The minimum Gasteiger partial charge on any atom is -0.354 e. The van der Waals surface area contributed by atoms with E-state index in [0.29, 0.717) is 16.8 Å². The molecule has 0 aliphatic heterocycles. The van der Waals surface area contributed by atoms with Crippen molar-refractivity contribution in [1.29, 1.82) is 5.26 Å². The first-order chi connectivity index (χ1) is 14.5. The molecule has 0 aliphatic carbocycles. The van der Waals surface area contributed by atoms with E-state index in [2.05, 4.69) is 11.1 Å². The van der Waals surface area contributed by atoms with Gasteiger partial charge < -0.3 is 4.98 Å². The number of H-pyrrole nitrogens is 1. The van der Waals surface area contributed by atoms with Crippen LogP contribution in [-0.2, 0) is 12.6 Å². The second-order valence-electron chi connectivity index (χ2n) is 6.87. The minimum atomic E-state index is -4.44. The molecule has 2 nitrogen and oxygen atoms in total. The summed E-state index contributed by atoms with van der Waals surface area (Å²) in [7, 11) is 0. The van der Waals surface area contributed by atoms with Crippen LogP contribution in [0.5, 0.6) is 0 Å². The number of nitriles is 1. The van der Waals surface area contributed by atoms with Gasteiger partial charge in [0.1, 0.15) is 0 Å². The fourth-order valence-electron chi connectivity index (χ4n) is 3.64. The summed E-state index contributed by atoms with van der Waals surface area (Å²) in [5.41, 5.74) is 4.29. The number of hydrogen-bond donors (Lipinski definition) is 1. The lowest BCUT2D eigenvalue weighted by molar-refractivity contribution is -0.137. The molecule has 0 bridgehead atoms. The van der Waals surface area contributed by atoms with Gasteiger partial charge in [0, 0.05) is 11.1 Å². The second-order valence-corrected chi connectivity index (χ2v) is 6.87. The summed E-state index contributed by atoms with van der Waals surface area (Å²) < 4.78 is 39.9. The molecule has 0 aliphatic rings. The zero-order valence-electron chi connectivity index (χ0n) is 15.9. The Morgan fingerprint density at radius 3 is 1.93 bits per heavy atom. The van der Waals surface area contributed by atoms with E-state index in [1.54, 1.807) is 6.07 Å². The third-order valence-electron chi connectivity index (χ3n) is 4.96. The van der Waals surface area contributed by atoms with Crippen LogP contribution in [0.25, 0.3) is 33.6 Å². The maximum absolute atomic E-state index is 13.3. The Bertz CT molecular complexity index is 1200. The Kier molecular flexibility index (Phi) is 5.16. The number of nitrogens with zero attached hydrogens (tertiary/aromatic N) is 1. The van der Waals surface area contributed by atoms with Gasteiger partial charge in [0.2, 0.25) is 0 Å². The Balaban J connectivity index is 2.01. The first kappa shape index (κ1) is 19.5. The molecule has 4 rings (SSSR count). The summed E-state index contributed by atoms with van der Waals surface area (Å²) >= 11 is 0. The van der Waals surface area contributed by atoms with Crippen molar-refractivity contribution in [1.82, 2.24) is 4.98 Å². The third-order valence-corrected chi connectivity index (χ3v) is 4.96. The SMILES string of the molecule is N#CCc1c(-c2cccc(C(F)(F)F)c2)[nH]c(-c2ccccc2)c1-c1ccccc1. The molecule has 3 aromatic carbocycles. The average molecular weight is 402 g/mol. The first-order valence-electron chi connectivity index (χ1n) is 9.39. The van der Waals surface area contributed by atoms with Crippen LogP contribution >= 0.6 is 0 Å². The quantitative estimate of drug-likeness (QED) is 0.388. The van der Waals surface area contributed by atoms with E-state index in [4.69, 9.17) is 0 Å². The van der Waals surface area contributed by atoms with Gasteiger partial charge in [-0.25, -0.2) is 0 Å². The number of aromatic amines is 1. The van der Waals surface area contributed by atoms with Gasteiger partial charge in [0.05, 0.1) is 29.4 Å². The first-order valence-corrected chi connectivity index (χ1v) is 9.39. The topological polar surface area (TPSA) is 39.6 Å². The molecule has 0 saturated carbocycles. The molecular weight excluding hydrogens is 385 g/mol. The maximum atomic E-state index is 13.3. The number of hydrogen-bond acceptors (Lipinski definition) is 1. The summed E-state index contributed by atoms with van der Waals surface area (Å²) in [6, 6.07) is 26.5. The zero-order valence-corrected chi connectivity index (χ0v) is 15.9. The minimum absolute atomic E-state index is 0.0686. The highest BCUT2D eigenvalue weighted by molar-refractivity contribution is 5.90. The van der Waals surface area contributed by atoms with Gasteiger partial charge in [-0.1, -0.05) is 72.8 Å². The van der Waals surface area contributed by atoms with Crippen molar-refractivity contribution >= 4 is 0 Å². The highest BCUT2D eigenvalue weighted by Gasteiger charge is 2.31. The van der Waals surface area contributed by atoms with E-state index < -0.39 is 11.7 Å². The van der Waals surface area contributed by atoms with Crippen molar-refractivity contribution in [3.8, 4) is 39.7 Å². The molecular formula is C25H17F3N2. The zero-order chi connectivity index (χ0) is 21.1. The molecule has 4 aromatic rings. The van der Waals surface area contributed by atoms with Crippen molar-refractivity contribution in [3.63, 3.8) is 0 Å². The van der Waals surface area contributed by atoms with Gasteiger partial charge in [-0.15, -0.1) is 0 Å². The van der Waals surface area contributed by atoms with Crippen LogP contribution in [-0.4, -0.2) is 4.98 Å². The van der Waals surface area contributed by atoms with Gasteiger partial charge in [-0.2, -0.15) is 18.4 Å². The third kappa shape index (κ3) is 3.72. The molecule has 0 unspecified atom stereocenters. The van der Waals surface area contributed by atoms with Crippen LogP contribution in [0.15, 0.2) is 84.9 Å². The molecule has 0 saturated heterocycles. The van der Waals surface area contributed by atoms with Crippen molar-refractivity contribution in [3.05, 3.63) is 96.1 Å². The predicted octanol–water partition coefficient (Wildman–Crippen LogP) is 7.10. The lowest BCUT2D eigenvalue weighted by atomic mass is 9.94. The Hall–Kier alpha value is -3.78. The summed E-state index contributed by atoms with van der Waals surface area (Å²) in [4.78, 5) is 3.33. The molecule has 148 valence electrons. The summed E-state index contributed by atoms with van der Waals surface area (Å²) in [5, 5.41) is 9.48. The van der Waals surface area contributed by atoms with Gasteiger partial charge in [0.25, 0.3) is 0 Å². The van der Waals surface area contributed by atoms with E-state index in [1.165, 1.54) is 6.07 Å². The number of rotatable bonds is 4. The Morgan fingerprint density at radius 1 is 0.733 bits per heavy atom. The molecule has 0 atom stereocenters. The number of nitrogens with one attached hydrogen (secondary N) is 1. The van der Waals surface area contributed by atoms with Gasteiger partial charge in [0.15, 0.2) is 0 Å². The molecule has 1 heterocycles. The molecule has 0 fully saturated rings. The Labute approximate surface area is 172 Å². The van der Waals surface area contributed by atoms with Crippen molar-refractivity contribution in [2.24, 2.45) is 0 Å². The van der Waals surface area contributed by atoms with Crippen LogP contribution in [0.3, 0.4) is 0 Å². The van der Waals surface area contributed by atoms with E-state index in [-0.39, 0.29) is 6.42 Å². The van der Waals surface area contributed by atoms with Crippen molar-refractivity contribution in [2.45, 2.75) is 12.6 Å². The molecule has 1 N–H and O–H groups in total. The van der Waals surface area contributed by atoms with E-state index in [1.807, 2.05) is 60.7 Å². The fraction of sp³-hybridized carbons (Fsp3) is 0.0800. The second kappa shape index (κ2) is 7.92. The van der Waals surface area contributed by atoms with Gasteiger partial charge >= 0.3 is 6.18 Å². The number of benzene rings is 3. The molecule has 0 spiro atoms. The normalized spacial score (nSPS) is 11.3. The standard InChI is InChI=1S/C25H17F3N2/c26-25(27,28)20-13-7-12-19(16-20)23-21(14-15-29)22(17-8-3-1-4-9-17)24(30-23)18-10-5-2-6-11-18/h1-13,16,30H,14H2. The largest absolute Gasteiger partial charge is 0.416 e. The molecule has 0 amide bonds. The van der Waals surface area contributed by atoms with Crippen LogP contribution in [0, 0.1) is 11.3 Å². The number of alkyl halides is 3.